The zero-order chi connectivity index (χ0) is 11.5. The molecule has 0 unspecified atom stereocenters. The molecule has 1 N–H and O–H groups in total. The van der Waals surface area contributed by atoms with Crippen LogP contribution in [0.15, 0.2) is 24.4 Å². The third kappa shape index (κ3) is 2.27. The normalized spacial score (nSPS) is 20.3. The Labute approximate surface area is 92.6 Å². The van der Waals surface area contributed by atoms with Gasteiger partial charge in [0.2, 0.25) is 0 Å². The van der Waals surface area contributed by atoms with E-state index < -0.39 is 5.97 Å². The molecule has 0 aromatic carbocycles. The summed E-state index contributed by atoms with van der Waals surface area (Å²) < 4.78 is 13.0. The second-order valence-corrected chi connectivity index (χ2v) is 3.90. The Morgan fingerprint density at radius 3 is 2.94 bits per heavy atom. The molecule has 0 saturated heterocycles. The Bertz CT molecular complexity index is 442. The van der Waals surface area contributed by atoms with E-state index in [4.69, 9.17) is 5.11 Å². The lowest BCUT2D eigenvalue weighted by molar-refractivity contribution is -0.141. The molecule has 1 aliphatic rings. The summed E-state index contributed by atoms with van der Waals surface area (Å²) in [5, 5.41) is 8.83. The van der Waals surface area contributed by atoms with E-state index in [-0.39, 0.29) is 11.7 Å². The predicted molar refractivity (Wildman–Crippen MR) is 57.1 cm³/mol. The molecule has 4 heteroatoms. The topological polar surface area (TPSA) is 50.2 Å². The highest BCUT2D eigenvalue weighted by Crippen LogP contribution is 2.29. The van der Waals surface area contributed by atoms with Crippen LogP contribution in [0.4, 0.5) is 4.39 Å². The highest BCUT2D eigenvalue weighted by molar-refractivity contribution is 5.73. The van der Waals surface area contributed by atoms with Gasteiger partial charge in [-0.15, -0.1) is 0 Å². The summed E-state index contributed by atoms with van der Waals surface area (Å²) in [6, 6.07) is 2.68. The van der Waals surface area contributed by atoms with Gasteiger partial charge in [-0.05, 0) is 37.0 Å². The average molecular weight is 221 g/mol. The van der Waals surface area contributed by atoms with Gasteiger partial charge in [-0.1, -0.05) is 6.08 Å². The Morgan fingerprint density at radius 1 is 1.56 bits per heavy atom. The molecule has 0 radical (unpaired) electrons. The van der Waals surface area contributed by atoms with Gasteiger partial charge in [-0.3, -0.25) is 9.78 Å². The van der Waals surface area contributed by atoms with Gasteiger partial charge < -0.3 is 5.11 Å². The van der Waals surface area contributed by atoms with Crippen molar-refractivity contribution in [1.29, 1.82) is 0 Å². The summed E-state index contributed by atoms with van der Waals surface area (Å²) in [4.78, 5) is 14.8. The molecule has 0 aliphatic heterocycles. The largest absolute Gasteiger partial charge is 0.481 e. The monoisotopic (exact) mass is 221 g/mol. The number of pyridine rings is 1. The van der Waals surface area contributed by atoms with E-state index in [1.807, 2.05) is 6.08 Å². The van der Waals surface area contributed by atoms with E-state index in [1.54, 1.807) is 0 Å². The first kappa shape index (κ1) is 10.8. The van der Waals surface area contributed by atoms with Crippen molar-refractivity contribution in [2.75, 3.05) is 0 Å². The third-order valence-corrected chi connectivity index (χ3v) is 2.81. The maximum atomic E-state index is 13.0. The number of carbonyl (C=O) groups is 1. The van der Waals surface area contributed by atoms with Gasteiger partial charge in [0, 0.05) is 6.20 Å². The molecule has 2 rings (SSSR count). The molecule has 0 saturated carbocycles. The number of nitrogens with zero attached hydrogens (tertiary/aromatic N) is 1. The van der Waals surface area contributed by atoms with E-state index in [0.717, 1.165) is 5.57 Å². The maximum Gasteiger partial charge on any atom is 0.306 e. The maximum absolute atomic E-state index is 13.0. The van der Waals surface area contributed by atoms with Crippen LogP contribution in [0.25, 0.3) is 5.57 Å². The van der Waals surface area contributed by atoms with Crippen LogP contribution in [0.2, 0.25) is 0 Å². The summed E-state index contributed by atoms with van der Waals surface area (Å²) in [5.41, 5.74) is 1.56. The SMILES string of the molecule is O=C(O)[C@@H]1CC=C(c2cc(F)ccn2)CC1. The van der Waals surface area contributed by atoms with Crippen molar-refractivity contribution < 1.29 is 14.3 Å². The minimum atomic E-state index is -0.762. The Morgan fingerprint density at radius 2 is 2.38 bits per heavy atom. The average Bonchev–Trinajstić information content (AvgIpc) is 2.29. The molecule has 0 spiro atoms. The van der Waals surface area contributed by atoms with Crippen LogP contribution in [0.5, 0.6) is 0 Å². The molecule has 1 aromatic rings. The van der Waals surface area contributed by atoms with Gasteiger partial charge in [0.1, 0.15) is 5.82 Å². The summed E-state index contributed by atoms with van der Waals surface area (Å²) >= 11 is 0. The summed E-state index contributed by atoms with van der Waals surface area (Å²) in [7, 11) is 0. The molecule has 16 heavy (non-hydrogen) atoms. The van der Waals surface area contributed by atoms with Gasteiger partial charge in [0.05, 0.1) is 11.6 Å². The van der Waals surface area contributed by atoms with Crippen LogP contribution in [0, 0.1) is 11.7 Å². The Hall–Kier alpha value is -1.71. The fourth-order valence-corrected chi connectivity index (χ4v) is 1.87. The summed E-state index contributed by atoms with van der Waals surface area (Å²) in [6.45, 7) is 0. The summed E-state index contributed by atoms with van der Waals surface area (Å²) in [5.74, 6) is -1.38. The molecule has 0 fully saturated rings. The van der Waals surface area contributed by atoms with Crippen LogP contribution in [0.1, 0.15) is 25.0 Å². The zero-order valence-corrected chi connectivity index (χ0v) is 8.69. The second-order valence-electron chi connectivity index (χ2n) is 3.90. The number of halogens is 1. The van der Waals surface area contributed by atoms with E-state index >= 15 is 0 Å². The number of carboxylic acids is 1. The Kier molecular flexibility index (Phi) is 2.99. The number of rotatable bonds is 2. The minimum absolute atomic E-state index is 0.308. The van der Waals surface area contributed by atoms with Crippen molar-refractivity contribution in [2.24, 2.45) is 5.92 Å². The van der Waals surface area contributed by atoms with E-state index in [0.29, 0.717) is 25.0 Å². The molecule has 1 atom stereocenters. The van der Waals surface area contributed by atoms with Gasteiger partial charge >= 0.3 is 5.97 Å². The molecule has 1 aliphatic carbocycles. The number of carboxylic acid groups (broad SMARTS) is 1. The van der Waals surface area contributed by atoms with Crippen molar-refractivity contribution >= 4 is 11.5 Å². The van der Waals surface area contributed by atoms with Crippen LogP contribution in [-0.4, -0.2) is 16.1 Å². The molecule has 3 nitrogen and oxygen atoms in total. The first-order valence-corrected chi connectivity index (χ1v) is 5.20. The molecule has 1 heterocycles. The van der Waals surface area contributed by atoms with Crippen LogP contribution in [-0.2, 0) is 4.79 Å². The molecule has 0 amide bonds. The third-order valence-electron chi connectivity index (χ3n) is 2.81. The lowest BCUT2D eigenvalue weighted by Crippen LogP contribution is -2.15. The highest BCUT2D eigenvalue weighted by atomic mass is 19.1. The van der Waals surface area contributed by atoms with Crippen molar-refractivity contribution in [3.05, 3.63) is 35.9 Å². The number of aromatic nitrogens is 1. The molecule has 84 valence electrons. The second kappa shape index (κ2) is 4.43. The predicted octanol–water partition coefficient (Wildman–Crippen LogP) is 2.49. The highest BCUT2D eigenvalue weighted by Gasteiger charge is 2.21. The van der Waals surface area contributed by atoms with Crippen molar-refractivity contribution in [3.63, 3.8) is 0 Å². The fraction of sp³-hybridized carbons (Fsp3) is 0.333. The van der Waals surface area contributed by atoms with Crippen LogP contribution >= 0.6 is 0 Å². The van der Waals surface area contributed by atoms with Gasteiger partial charge in [-0.25, -0.2) is 4.39 Å². The quantitative estimate of drug-likeness (QED) is 0.834. The smallest absolute Gasteiger partial charge is 0.306 e. The van der Waals surface area contributed by atoms with Gasteiger partial charge in [0.15, 0.2) is 0 Å². The molecule has 0 bridgehead atoms. The van der Waals surface area contributed by atoms with Crippen molar-refractivity contribution in [3.8, 4) is 0 Å². The first-order valence-electron chi connectivity index (χ1n) is 5.20. The van der Waals surface area contributed by atoms with Crippen LogP contribution < -0.4 is 0 Å². The number of hydrogen-bond donors (Lipinski definition) is 1. The lowest BCUT2D eigenvalue weighted by atomic mass is 9.88. The fourth-order valence-electron chi connectivity index (χ4n) is 1.87. The molecule has 1 aromatic heterocycles. The zero-order valence-electron chi connectivity index (χ0n) is 8.69. The molecular formula is C12H12FNO2. The Balaban J connectivity index is 2.16. The lowest BCUT2D eigenvalue weighted by Gasteiger charge is -2.17. The minimum Gasteiger partial charge on any atom is -0.481 e. The van der Waals surface area contributed by atoms with E-state index in [9.17, 15) is 9.18 Å². The standard InChI is InChI=1S/C12H12FNO2/c13-10-5-6-14-11(7-10)8-1-3-9(4-2-8)12(15)16/h1,5-7,9H,2-4H2,(H,15,16)/t9-/m1/s1. The first-order chi connectivity index (χ1) is 7.66. The van der Waals surface area contributed by atoms with Crippen molar-refractivity contribution in [1.82, 2.24) is 4.98 Å². The number of hydrogen-bond acceptors (Lipinski definition) is 2. The van der Waals surface area contributed by atoms with Gasteiger partial charge in [0.25, 0.3) is 0 Å². The van der Waals surface area contributed by atoms with E-state index in [2.05, 4.69) is 4.98 Å². The number of aliphatic carboxylic acids is 1. The summed E-state index contributed by atoms with van der Waals surface area (Å²) in [6.07, 6.45) is 5.02. The molecular weight excluding hydrogens is 209 g/mol. The number of allylic oxidation sites excluding steroid dienone is 2. The van der Waals surface area contributed by atoms with Gasteiger partial charge in [-0.2, -0.15) is 0 Å². The van der Waals surface area contributed by atoms with Crippen LogP contribution in [0.3, 0.4) is 0 Å². The van der Waals surface area contributed by atoms with E-state index in [1.165, 1.54) is 18.3 Å². The van der Waals surface area contributed by atoms with Crippen molar-refractivity contribution in [2.45, 2.75) is 19.3 Å².